The zero-order chi connectivity index (χ0) is 23.4. The van der Waals surface area contributed by atoms with Gasteiger partial charge in [-0.1, -0.05) is 49.7 Å². The number of likely N-dealkylation sites (tertiary alicyclic amines) is 1. The summed E-state index contributed by atoms with van der Waals surface area (Å²) >= 11 is 6.28. The Balaban J connectivity index is 2.12. The van der Waals surface area contributed by atoms with Crippen molar-refractivity contribution in [3.8, 4) is 5.75 Å². The van der Waals surface area contributed by atoms with Crippen molar-refractivity contribution in [1.29, 1.82) is 0 Å². The number of nitrogens with zero attached hydrogens (tertiary/aromatic N) is 1. The van der Waals surface area contributed by atoms with Gasteiger partial charge in [-0.25, -0.2) is 0 Å². The molecular weight excluding hydrogens is 430 g/mol. The molecule has 0 spiro atoms. The molecule has 6 nitrogen and oxygen atoms in total. The Morgan fingerprint density at radius 1 is 1.16 bits per heavy atom. The molecule has 1 heterocycles. The monoisotopic (exact) mass is 457 g/mol. The number of Topliss-reactive ketones (excluding diaryl/α,β-unsaturated/α-hetero) is 1. The van der Waals surface area contributed by atoms with Gasteiger partial charge in [-0.05, 0) is 42.2 Å². The van der Waals surface area contributed by atoms with E-state index >= 15 is 0 Å². The van der Waals surface area contributed by atoms with Crippen LogP contribution < -0.4 is 4.74 Å². The standard InChI is InChI=1S/C25H28ClNO5/c1-5-32-20-11-10-18(14-19(20)26)23(28)21-22(17-8-6-16(7-9-17)15(2)3)27(12-13-31-4)25(30)24(21)29/h6-11,14-15,22,28H,5,12-13H2,1-4H3/b23-21-. The maximum atomic E-state index is 13.0. The second-order valence-electron chi connectivity index (χ2n) is 7.88. The number of halogens is 1. The first-order chi connectivity index (χ1) is 15.3. The summed E-state index contributed by atoms with van der Waals surface area (Å²) in [4.78, 5) is 27.3. The van der Waals surface area contributed by atoms with Crippen molar-refractivity contribution in [2.24, 2.45) is 0 Å². The molecule has 1 amide bonds. The van der Waals surface area contributed by atoms with Gasteiger partial charge in [0.15, 0.2) is 0 Å². The van der Waals surface area contributed by atoms with Gasteiger partial charge in [0, 0.05) is 19.2 Å². The van der Waals surface area contributed by atoms with E-state index < -0.39 is 17.7 Å². The molecular formula is C25H28ClNO5. The van der Waals surface area contributed by atoms with Crippen LogP contribution in [0.25, 0.3) is 5.76 Å². The van der Waals surface area contributed by atoms with Crippen LogP contribution in [-0.2, 0) is 14.3 Å². The summed E-state index contributed by atoms with van der Waals surface area (Å²) in [5.41, 5.74) is 2.25. The highest BCUT2D eigenvalue weighted by Crippen LogP contribution is 2.40. The number of aliphatic hydroxyl groups is 1. The lowest BCUT2D eigenvalue weighted by atomic mass is 9.93. The Kier molecular flexibility index (Phi) is 7.59. The number of ketones is 1. The third-order valence-corrected chi connectivity index (χ3v) is 5.80. The van der Waals surface area contributed by atoms with E-state index in [1.807, 2.05) is 31.2 Å². The average Bonchev–Trinajstić information content (AvgIpc) is 3.03. The largest absolute Gasteiger partial charge is 0.507 e. The fourth-order valence-electron chi connectivity index (χ4n) is 3.79. The number of benzene rings is 2. The van der Waals surface area contributed by atoms with Crippen molar-refractivity contribution in [3.05, 3.63) is 69.8 Å². The number of carbonyl (C=O) groups excluding carboxylic acids is 2. The fourth-order valence-corrected chi connectivity index (χ4v) is 4.02. The van der Waals surface area contributed by atoms with Crippen LogP contribution in [0.1, 0.15) is 49.4 Å². The number of hydrogen-bond donors (Lipinski definition) is 1. The zero-order valence-electron chi connectivity index (χ0n) is 18.7. The third kappa shape index (κ3) is 4.66. The highest BCUT2D eigenvalue weighted by molar-refractivity contribution is 6.46. The summed E-state index contributed by atoms with van der Waals surface area (Å²) in [6, 6.07) is 11.8. The molecule has 2 aromatic carbocycles. The summed E-state index contributed by atoms with van der Waals surface area (Å²) in [6.07, 6.45) is 0. The summed E-state index contributed by atoms with van der Waals surface area (Å²) in [5, 5.41) is 11.4. The maximum absolute atomic E-state index is 13.0. The Bertz CT molecular complexity index is 1030. The van der Waals surface area contributed by atoms with Gasteiger partial charge in [0.1, 0.15) is 11.5 Å². The molecule has 3 rings (SSSR count). The van der Waals surface area contributed by atoms with Gasteiger partial charge in [0.2, 0.25) is 0 Å². The molecule has 1 aliphatic heterocycles. The van der Waals surface area contributed by atoms with Gasteiger partial charge in [0.05, 0.1) is 29.9 Å². The molecule has 1 N–H and O–H groups in total. The lowest BCUT2D eigenvalue weighted by Gasteiger charge is -2.25. The van der Waals surface area contributed by atoms with E-state index in [1.165, 1.54) is 18.1 Å². The van der Waals surface area contributed by atoms with Crippen LogP contribution in [0, 0.1) is 0 Å². The van der Waals surface area contributed by atoms with E-state index in [9.17, 15) is 14.7 Å². The summed E-state index contributed by atoms with van der Waals surface area (Å²) in [7, 11) is 1.53. The predicted octanol–water partition coefficient (Wildman–Crippen LogP) is 4.93. The van der Waals surface area contributed by atoms with Crippen molar-refractivity contribution < 1.29 is 24.2 Å². The van der Waals surface area contributed by atoms with Gasteiger partial charge in [0.25, 0.3) is 11.7 Å². The van der Waals surface area contributed by atoms with Crippen LogP contribution >= 0.6 is 11.6 Å². The van der Waals surface area contributed by atoms with Crippen LogP contribution in [0.4, 0.5) is 0 Å². The van der Waals surface area contributed by atoms with Gasteiger partial charge in [-0.15, -0.1) is 0 Å². The zero-order valence-corrected chi connectivity index (χ0v) is 19.5. The second kappa shape index (κ2) is 10.2. The average molecular weight is 458 g/mol. The third-order valence-electron chi connectivity index (χ3n) is 5.50. The van der Waals surface area contributed by atoms with Crippen molar-refractivity contribution in [2.45, 2.75) is 32.7 Å². The van der Waals surface area contributed by atoms with Gasteiger partial charge in [-0.2, -0.15) is 0 Å². The molecule has 1 unspecified atom stereocenters. The highest BCUT2D eigenvalue weighted by atomic mass is 35.5. The maximum Gasteiger partial charge on any atom is 0.295 e. The second-order valence-corrected chi connectivity index (χ2v) is 8.29. The first-order valence-corrected chi connectivity index (χ1v) is 11.0. The first-order valence-electron chi connectivity index (χ1n) is 10.6. The number of ether oxygens (including phenoxy) is 2. The molecule has 0 radical (unpaired) electrons. The fraction of sp³-hybridized carbons (Fsp3) is 0.360. The Morgan fingerprint density at radius 3 is 2.41 bits per heavy atom. The number of amides is 1. The molecule has 0 bridgehead atoms. The van der Waals surface area contributed by atoms with Gasteiger partial charge in [-0.3, -0.25) is 9.59 Å². The quantitative estimate of drug-likeness (QED) is 0.345. The van der Waals surface area contributed by atoms with E-state index in [2.05, 4.69) is 13.8 Å². The number of aliphatic hydroxyl groups excluding tert-OH is 1. The topological polar surface area (TPSA) is 76.1 Å². The van der Waals surface area contributed by atoms with E-state index in [4.69, 9.17) is 21.1 Å². The lowest BCUT2D eigenvalue weighted by Crippen LogP contribution is -2.32. The molecule has 170 valence electrons. The Morgan fingerprint density at radius 2 is 1.84 bits per heavy atom. The molecule has 1 atom stereocenters. The molecule has 1 aliphatic rings. The lowest BCUT2D eigenvalue weighted by molar-refractivity contribution is -0.140. The molecule has 7 heteroatoms. The minimum Gasteiger partial charge on any atom is -0.507 e. The minimum absolute atomic E-state index is 0.0311. The van der Waals surface area contributed by atoms with Crippen LogP contribution in [0.5, 0.6) is 5.75 Å². The van der Waals surface area contributed by atoms with Gasteiger partial charge >= 0.3 is 0 Å². The van der Waals surface area contributed by atoms with E-state index in [0.29, 0.717) is 28.9 Å². The molecule has 0 aromatic heterocycles. The molecule has 32 heavy (non-hydrogen) atoms. The number of methoxy groups -OCH3 is 1. The summed E-state index contributed by atoms with van der Waals surface area (Å²) < 4.78 is 10.6. The predicted molar refractivity (Wildman–Crippen MR) is 124 cm³/mol. The van der Waals surface area contributed by atoms with E-state index in [1.54, 1.807) is 12.1 Å². The van der Waals surface area contributed by atoms with Crippen molar-refractivity contribution in [1.82, 2.24) is 4.90 Å². The summed E-state index contributed by atoms with van der Waals surface area (Å²) in [6.45, 7) is 6.96. The molecule has 1 fully saturated rings. The summed E-state index contributed by atoms with van der Waals surface area (Å²) in [5.74, 6) is -0.853. The van der Waals surface area contributed by atoms with Crippen LogP contribution in [0.15, 0.2) is 48.0 Å². The molecule has 2 aromatic rings. The molecule has 0 saturated carbocycles. The number of hydrogen-bond acceptors (Lipinski definition) is 5. The van der Waals surface area contributed by atoms with Gasteiger partial charge < -0.3 is 19.5 Å². The first kappa shape index (κ1) is 23.8. The minimum atomic E-state index is -0.735. The van der Waals surface area contributed by atoms with Crippen molar-refractivity contribution in [2.75, 3.05) is 26.9 Å². The SMILES string of the molecule is CCOc1ccc(/C(O)=C2/C(=O)C(=O)N(CCOC)C2c2ccc(C(C)C)cc2)cc1Cl. The Labute approximate surface area is 193 Å². The Hall–Kier alpha value is -2.83. The highest BCUT2D eigenvalue weighted by Gasteiger charge is 2.45. The number of rotatable bonds is 8. The van der Waals surface area contributed by atoms with E-state index in [0.717, 1.165) is 11.1 Å². The van der Waals surface area contributed by atoms with Crippen LogP contribution in [0.2, 0.25) is 5.02 Å². The number of carbonyl (C=O) groups is 2. The van der Waals surface area contributed by atoms with Crippen molar-refractivity contribution >= 4 is 29.1 Å². The van der Waals surface area contributed by atoms with Crippen molar-refractivity contribution in [3.63, 3.8) is 0 Å². The molecule has 1 saturated heterocycles. The molecule has 0 aliphatic carbocycles. The smallest absolute Gasteiger partial charge is 0.295 e. The van der Waals surface area contributed by atoms with E-state index in [-0.39, 0.29) is 24.5 Å². The van der Waals surface area contributed by atoms with Crippen LogP contribution in [0.3, 0.4) is 0 Å². The normalized spacial score (nSPS) is 17.9. The van der Waals surface area contributed by atoms with Crippen LogP contribution in [-0.4, -0.2) is 48.6 Å².